The van der Waals surface area contributed by atoms with E-state index in [-0.39, 0.29) is 18.4 Å². The molecule has 0 spiro atoms. The van der Waals surface area contributed by atoms with Crippen molar-refractivity contribution in [1.29, 1.82) is 0 Å². The molecule has 1 aliphatic rings. The minimum atomic E-state index is -0.246. The normalized spacial score (nSPS) is 12.2. The lowest BCUT2D eigenvalue weighted by atomic mass is 9.97. The van der Waals surface area contributed by atoms with Gasteiger partial charge in [-0.25, -0.2) is 0 Å². The summed E-state index contributed by atoms with van der Waals surface area (Å²) in [5.41, 5.74) is 3.53. The van der Waals surface area contributed by atoms with Gasteiger partial charge in [0.05, 0.1) is 0 Å². The molecular weight excluding hydrogens is 316 g/mol. The SMILES string of the molecule is CC(=O)Nc1cccc(NC(=O)COc2cccc3c2CCC=C3)c1. The highest BCUT2D eigenvalue weighted by Crippen LogP contribution is 2.28. The van der Waals surface area contributed by atoms with Crippen LogP contribution in [0.5, 0.6) is 5.75 Å². The average molecular weight is 336 g/mol. The fourth-order valence-electron chi connectivity index (χ4n) is 2.80. The van der Waals surface area contributed by atoms with Crippen molar-refractivity contribution in [3.8, 4) is 5.75 Å². The number of rotatable bonds is 5. The summed E-state index contributed by atoms with van der Waals surface area (Å²) in [6, 6.07) is 12.9. The quantitative estimate of drug-likeness (QED) is 0.876. The summed E-state index contributed by atoms with van der Waals surface area (Å²) in [5, 5.41) is 5.46. The monoisotopic (exact) mass is 336 g/mol. The van der Waals surface area contributed by atoms with E-state index in [0.717, 1.165) is 29.7 Å². The Bertz CT molecular complexity index is 827. The maximum atomic E-state index is 12.1. The maximum Gasteiger partial charge on any atom is 0.262 e. The van der Waals surface area contributed by atoms with E-state index in [1.54, 1.807) is 24.3 Å². The van der Waals surface area contributed by atoms with Crippen molar-refractivity contribution < 1.29 is 14.3 Å². The molecule has 128 valence electrons. The number of ether oxygens (including phenoxy) is 1. The first kappa shape index (κ1) is 16.8. The van der Waals surface area contributed by atoms with Gasteiger partial charge in [0.25, 0.3) is 5.91 Å². The van der Waals surface area contributed by atoms with Crippen LogP contribution in [0.1, 0.15) is 24.5 Å². The Morgan fingerprint density at radius 2 is 1.84 bits per heavy atom. The first-order valence-corrected chi connectivity index (χ1v) is 8.20. The predicted molar refractivity (Wildman–Crippen MR) is 98.7 cm³/mol. The van der Waals surface area contributed by atoms with E-state index >= 15 is 0 Å². The summed E-state index contributed by atoms with van der Waals surface area (Å²) in [4.78, 5) is 23.3. The summed E-state index contributed by atoms with van der Waals surface area (Å²) in [7, 11) is 0. The third kappa shape index (κ3) is 4.47. The van der Waals surface area contributed by atoms with Gasteiger partial charge in [-0.05, 0) is 42.7 Å². The van der Waals surface area contributed by atoms with Crippen molar-refractivity contribution in [2.24, 2.45) is 0 Å². The van der Waals surface area contributed by atoms with Crippen LogP contribution >= 0.6 is 0 Å². The van der Waals surface area contributed by atoms with Crippen molar-refractivity contribution >= 4 is 29.3 Å². The van der Waals surface area contributed by atoms with Crippen LogP contribution in [0.2, 0.25) is 0 Å². The molecule has 5 nitrogen and oxygen atoms in total. The molecule has 0 unspecified atom stereocenters. The maximum absolute atomic E-state index is 12.1. The van der Waals surface area contributed by atoms with Gasteiger partial charge >= 0.3 is 0 Å². The van der Waals surface area contributed by atoms with E-state index in [9.17, 15) is 9.59 Å². The zero-order valence-corrected chi connectivity index (χ0v) is 14.0. The number of fused-ring (bicyclic) bond motifs is 1. The molecule has 0 saturated carbocycles. The van der Waals surface area contributed by atoms with E-state index in [1.165, 1.54) is 6.92 Å². The lowest BCUT2D eigenvalue weighted by molar-refractivity contribution is -0.118. The summed E-state index contributed by atoms with van der Waals surface area (Å²) >= 11 is 0. The molecule has 0 atom stereocenters. The Hall–Kier alpha value is -3.08. The van der Waals surface area contributed by atoms with E-state index in [0.29, 0.717) is 11.4 Å². The van der Waals surface area contributed by atoms with E-state index in [2.05, 4.69) is 22.8 Å². The van der Waals surface area contributed by atoms with Crippen LogP contribution in [-0.2, 0) is 16.0 Å². The number of carbonyl (C=O) groups is 2. The molecule has 0 aliphatic heterocycles. The van der Waals surface area contributed by atoms with Crippen molar-refractivity contribution in [2.45, 2.75) is 19.8 Å². The number of carbonyl (C=O) groups excluding carboxylic acids is 2. The second kappa shape index (κ2) is 7.66. The number of benzene rings is 2. The fourth-order valence-corrected chi connectivity index (χ4v) is 2.80. The van der Waals surface area contributed by atoms with Crippen LogP contribution in [0.3, 0.4) is 0 Å². The summed E-state index contributed by atoms with van der Waals surface area (Å²) in [5.74, 6) is 0.350. The molecule has 5 heteroatoms. The third-order valence-electron chi connectivity index (χ3n) is 3.85. The van der Waals surface area contributed by atoms with Crippen LogP contribution in [0.25, 0.3) is 6.08 Å². The highest BCUT2D eigenvalue weighted by molar-refractivity contribution is 5.94. The van der Waals surface area contributed by atoms with Crippen molar-refractivity contribution in [2.75, 3.05) is 17.2 Å². The van der Waals surface area contributed by atoms with Crippen LogP contribution in [0.15, 0.2) is 48.5 Å². The van der Waals surface area contributed by atoms with Gasteiger partial charge < -0.3 is 15.4 Å². The van der Waals surface area contributed by atoms with Gasteiger partial charge in [0.1, 0.15) is 5.75 Å². The lowest BCUT2D eigenvalue weighted by Crippen LogP contribution is -2.20. The molecule has 2 amide bonds. The van der Waals surface area contributed by atoms with Crippen LogP contribution < -0.4 is 15.4 Å². The average Bonchev–Trinajstić information content (AvgIpc) is 2.59. The number of nitrogens with one attached hydrogen (secondary N) is 2. The molecule has 0 heterocycles. The van der Waals surface area contributed by atoms with Crippen molar-refractivity contribution in [3.63, 3.8) is 0 Å². The smallest absolute Gasteiger partial charge is 0.262 e. The molecule has 0 radical (unpaired) electrons. The van der Waals surface area contributed by atoms with Crippen LogP contribution in [0.4, 0.5) is 11.4 Å². The molecule has 2 aromatic rings. The Morgan fingerprint density at radius 1 is 1.08 bits per heavy atom. The van der Waals surface area contributed by atoms with Crippen molar-refractivity contribution in [1.82, 2.24) is 0 Å². The number of amides is 2. The largest absolute Gasteiger partial charge is 0.483 e. The zero-order chi connectivity index (χ0) is 17.6. The van der Waals surface area contributed by atoms with Gasteiger partial charge in [0.15, 0.2) is 6.61 Å². The Labute approximate surface area is 146 Å². The van der Waals surface area contributed by atoms with Gasteiger partial charge in [0.2, 0.25) is 5.91 Å². The van der Waals surface area contributed by atoms with Gasteiger partial charge in [0, 0.05) is 23.9 Å². The van der Waals surface area contributed by atoms with Gasteiger partial charge in [-0.1, -0.05) is 30.4 Å². The van der Waals surface area contributed by atoms with E-state index in [1.807, 2.05) is 18.2 Å². The minimum Gasteiger partial charge on any atom is -0.483 e. The van der Waals surface area contributed by atoms with Crippen molar-refractivity contribution in [3.05, 3.63) is 59.7 Å². The van der Waals surface area contributed by atoms with Gasteiger partial charge in [-0.15, -0.1) is 0 Å². The Morgan fingerprint density at radius 3 is 2.64 bits per heavy atom. The predicted octanol–water partition coefficient (Wildman–Crippen LogP) is 3.62. The third-order valence-corrected chi connectivity index (χ3v) is 3.85. The molecule has 2 N–H and O–H groups in total. The molecule has 3 rings (SSSR count). The Balaban J connectivity index is 1.61. The molecule has 2 aromatic carbocycles. The highest BCUT2D eigenvalue weighted by atomic mass is 16.5. The van der Waals surface area contributed by atoms with Crippen LogP contribution in [0, 0.1) is 0 Å². The molecule has 0 bridgehead atoms. The molecule has 25 heavy (non-hydrogen) atoms. The Kier molecular flexibility index (Phi) is 5.14. The number of allylic oxidation sites excluding steroid dienone is 1. The first-order chi connectivity index (χ1) is 12.1. The summed E-state index contributed by atoms with van der Waals surface area (Å²) in [6.45, 7) is 1.37. The summed E-state index contributed by atoms with van der Waals surface area (Å²) in [6.07, 6.45) is 6.12. The lowest BCUT2D eigenvalue weighted by Gasteiger charge is -2.16. The number of anilines is 2. The second-order valence-electron chi connectivity index (χ2n) is 5.86. The van der Waals surface area contributed by atoms with E-state index in [4.69, 9.17) is 4.74 Å². The molecular formula is C20H20N2O3. The number of hydrogen-bond acceptors (Lipinski definition) is 3. The van der Waals surface area contributed by atoms with Gasteiger partial charge in [-0.3, -0.25) is 9.59 Å². The first-order valence-electron chi connectivity index (χ1n) is 8.20. The molecule has 0 saturated heterocycles. The molecule has 0 fully saturated rings. The highest BCUT2D eigenvalue weighted by Gasteiger charge is 2.12. The standard InChI is InChI=1S/C20H20N2O3/c1-14(23)21-16-8-5-9-17(12-16)22-20(24)13-25-19-11-4-7-15-6-2-3-10-18(15)19/h2,4-9,11-12H,3,10,13H2,1H3,(H,21,23)(H,22,24). The molecule has 1 aliphatic carbocycles. The van der Waals surface area contributed by atoms with Gasteiger partial charge in [-0.2, -0.15) is 0 Å². The fraction of sp³-hybridized carbons (Fsp3) is 0.200. The van der Waals surface area contributed by atoms with Crippen LogP contribution in [-0.4, -0.2) is 18.4 Å². The number of hydrogen-bond donors (Lipinski definition) is 2. The zero-order valence-electron chi connectivity index (χ0n) is 14.0. The second-order valence-corrected chi connectivity index (χ2v) is 5.86. The molecule has 0 aromatic heterocycles. The minimum absolute atomic E-state index is 0.0649. The summed E-state index contributed by atoms with van der Waals surface area (Å²) < 4.78 is 5.72. The topological polar surface area (TPSA) is 67.4 Å². The van der Waals surface area contributed by atoms with E-state index < -0.39 is 0 Å².